The fourth-order valence-corrected chi connectivity index (χ4v) is 5.18. The van der Waals surface area contributed by atoms with Crippen LogP contribution in [0.25, 0.3) is 0 Å². The molecule has 0 aromatic rings. The number of allylic oxidation sites excluding steroid dienone is 3. The summed E-state index contributed by atoms with van der Waals surface area (Å²) in [4.78, 5) is 47.9. The number of nitrogens with zero attached hydrogens (tertiary/aromatic N) is 1. The smallest absolute Gasteiger partial charge is 0.305 e. The third kappa shape index (κ3) is 18.5. The molecule has 0 heterocycles. The minimum absolute atomic E-state index is 0.0337. The number of ketones is 1. The van der Waals surface area contributed by atoms with E-state index in [1.54, 1.807) is 12.2 Å². The van der Waals surface area contributed by atoms with Crippen LogP contribution in [-0.2, 0) is 37.5 Å². The maximum atomic E-state index is 12.4. The van der Waals surface area contributed by atoms with Gasteiger partial charge >= 0.3 is 11.9 Å². The molecule has 0 bridgehead atoms. The molecule has 1 aliphatic rings. The predicted molar refractivity (Wildman–Crippen MR) is 158 cm³/mol. The average molecular weight is 634 g/mol. The molecule has 2 N–H and O–H groups in total. The average Bonchev–Trinajstić information content (AvgIpc) is 3.17. The Labute approximate surface area is 256 Å². The van der Waals surface area contributed by atoms with Gasteiger partial charge in [0.25, 0.3) is 7.82 Å². The summed E-state index contributed by atoms with van der Waals surface area (Å²) in [6.45, 7) is 2.67. The number of esters is 2. The maximum absolute atomic E-state index is 12.4. The summed E-state index contributed by atoms with van der Waals surface area (Å²) >= 11 is 0. The van der Waals surface area contributed by atoms with Crippen LogP contribution in [0.3, 0.4) is 0 Å². The molecule has 6 atom stereocenters. The van der Waals surface area contributed by atoms with Crippen LogP contribution in [0.4, 0.5) is 0 Å². The third-order valence-electron chi connectivity index (χ3n) is 6.90. The summed E-state index contributed by atoms with van der Waals surface area (Å²) in [5.74, 6) is -1.96. The fourth-order valence-electron chi connectivity index (χ4n) is 4.46. The zero-order valence-corrected chi connectivity index (χ0v) is 27.2. The Morgan fingerprint density at radius 3 is 2.51 bits per heavy atom. The highest BCUT2D eigenvalue weighted by Gasteiger charge is 2.39. The molecular formula is C30H52NO11P. The Balaban J connectivity index is 2.43. The molecule has 0 aliphatic heterocycles. The molecule has 43 heavy (non-hydrogen) atoms. The van der Waals surface area contributed by atoms with Gasteiger partial charge in [-0.15, -0.1) is 0 Å². The van der Waals surface area contributed by atoms with Crippen LogP contribution in [0.1, 0.15) is 71.6 Å². The number of carbonyl (C=O) groups excluding carboxylic acids is 3. The van der Waals surface area contributed by atoms with E-state index in [1.807, 2.05) is 33.3 Å². The van der Waals surface area contributed by atoms with Crippen molar-refractivity contribution in [1.82, 2.24) is 0 Å². The number of ether oxygens (including phenoxy) is 2. The molecule has 1 aliphatic carbocycles. The second kappa shape index (κ2) is 20.2. The summed E-state index contributed by atoms with van der Waals surface area (Å²) in [6.07, 6.45) is 10.1. The van der Waals surface area contributed by atoms with E-state index in [1.165, 1.54) is 0 Å². The van der Waals surface area contributed by atoms with Crippen molar-refractivity contribution in [2.75, 3.05) is 47.5 Å². The highest BCUT2D eigenvalue weighted by molar-refractivity contribution is 7.45. The van der Waals surface area contributed by atoms with Gasteiger partial charge in [-0.2, -0.15) is 0 Å². The monoisotopic (exact) mass is 633 g/mol. The molecule has 1 unspecified atom stereocenters. The molecule has 1 rings (SSSR count). The van der Waals surface area contributed by atoms with Crippen molar-refractivity contribution in [3.8, 4) is 0 Å². The first-order valence-electron chi connectivity index (χ1n) is 15.1. The van der Waals surface area contributed by atoms with Gasteiger partial charge in [0, 0.05) is 31.6 Å². The molecule has 0 radical (unpaired) electrons. The minimum Gasteiger partial charge on any atom is -0.756 e. The van der Waals surface area contributed by atoms with Crippen molar-refractivity contribution < 1.29 is 57.1 Å². The van der Waals surface area contributed by atoms with Crippen molar-refractivity contribution in [2.24, 2.45) is 11.8 Å². The Hall–Kier alpha value is -1.92. The van der Waals surface area contributed by atoms with Gasteiger partial charge < -0.3 is 38.1 Å². The normalized spacial score (nSPS) is 22.1. The Morgan fingerprint density at radius 2 is 1.86 bits per heavy atom. The molecule has 0 saturated heterocycles. The minimum atomic E-state index is -4.63. The highest BCUT2D eigenvalue weighted by atomic mass is 31.2. The van der Waals surface area contributed by atoms with Crippen molar-refractivity contribution in [3.05, 3.63) is 24.3 Å². The highest BCUT2D eigenvalue weighted by Crippen LogP contribution is 2.38. The molecule has 248 valence electrons. The lowest BCUT2D eigenvalue weighted by atomic mass is 9.90. The lowest BCUT2D eigenvalue weighted by molar-refractivity contribution is -0.870. The fraction of sp³-hybridized carbons (Fsp3) is 0.767. The van der Waals surface area contributed by atoms with Gasteiger partial charge in [0.15, 0.2) is 6.10 Å². The summed E-state index contributed by atoms with van der Waals surface area (Å²) < 4.78 is 32.3. The Kier molecular flexibility index (Phi) is 18.3. The summed E-state index contributed by atoms with van der Waals surface area (Å²) in [7, 11) is 1.00. The molecule has 1 saturated carbocycles. The number of phosphoric ester groups is 1. The number of hydrogen-bond donors (Lipinski definition) is 2. The van der Waals surface area contributed by atoms with E-state index in [9.17, 15) is 34.1 Å². The lowest BCUT2D eigenvalue weighted by Crippen LogP contribution is -2.37. The van der Waals surface area contributed by atoms with E-state index < -0.39 is 50.6 Å². The quantitative estimate of drug-likeness (QED) is 0.0591. The van der Waals surface area contributed by atoms with Crippen LogP contribution in [0.5, 0.6) is 0 Å². The SMILES string of the molecule is CCCCC[C@H](O)/C=C/[C@H]1C(=O)C[C@H](O)[C@@H]1C/C=C\CCCC(=O)OC[C@H](COP(=O)([O-])OCC[N+](C)(C)C)OC(C)=O. The van der Waals surface area contributed by atoms with Gasteiger partial charge in [-0.25, -0.2) is 0 Å². The number of carbonyl (C=O) groups is 3. The second-order valence-corrected chi connectivity index (χ2v) is 13.4. The first kappa shape index (κ1) is 39.1. The maximum Gasteiger partial charge on any atom is 0.305 e. The van der Waals surface area contributed by atoms with Crippen LogP contribution in [-0.4, -0.2) is 98.2 Å². The number of unbranched alkanes of at least 4 members (excludes halogenated alkanes) is 3. The number of rotatable bonds is 22. The first-order valence-corrected chi connectivity index (χ1v) is 16.5. The van der Waals surface area contributed by atoms with E-state index in [2.05, 4.69) is 6.92 Å². The van der Waals surface area contributed by atoms with E-state index in [4.69, 9.17) is 18.5 Å². The van der Waals surface area contributed by atoms with Crippen LogP contribution in [0.2, 0.25) is 0 Å². The number of hydrogen-bond acceptors (Lipinski definition) is 11. The first-order chi connectivity index (χ1) is 20.1. The van der Waals surface area contributed by atoms with Gasteiger partial charge in [0.2, 0.25) is 0 Å². The number of likely N-dealkylation sites (N-methyl/N-ethyl adjacent to an activating group) is 1. The van der Waals surface area contributed by atoms with Crippen molar-refractivity contribution >= 4 is 25.5 Å². The number of aliphatic hydroxyl groups is 2. The largest absolute Gasteiger partial charge is 0.756 e. The van der Waals surface area contributed by atoms with E-state index in [0.717, 1.165) is 26.2 Å². The molecule has 0 amide bonds. The number of Topliss-reactive ketones (excluding diaryl/α,β-unsaturated/α-hetero) is 1. The molecule has 13 heteroatoms. The molecule has 0 aromatic heterocycles. The van der Waals surface area contributed by atoms with Gasteiger partial charge in [0.1, 0.15) is 25.5 Å². The second-order valence-electron chi connectivity index (χ2n) is 12.0. The molecule has 12 nitrogen and oxygen atoms in total. The zero-order valence-electron chi connectivity index (χ0n) is 26.4. The number of quaternary nitrogens is 1. The molecular weight excluding hydrogens is 581 g/mol. The summed E-state index contributed by atoms with van der Waals surface area (Å²) in [5.41, 5.74) is 0. The van der Waals surface area contributed by atoms with Crippen LogP contribution in [0.15, 0.2) is 24.3 Å². The lowest BCUT2D eigenvalue weighted by Gasteiger charge is -2.28. The van der Waals surface area contributed by atoms with E-state index in [-0.39, 0.29) is 37.8 Å². The van der Waals surface area contributed by atoms with Crippen LogP contribution in [0, 0.1) is 11.8 Å². The van der Waals surface area contributed by atoms with Crippen molar-refractivity contribution in [1.29, 1.82) is 0 Å². The summed E-state index contributed by atoms with van der Waals surface area (Å²) in [6, 6.07) is 0. The van der Waals surface area contributed by atoms with E-state index >= 15 is 0 Å². The molecule has 0 aromatic carbocycles. The Morgan fingerprint density at radius 1 is 1.14 bits per heavy atom. The Bertz CT molecular complexity index is 962. The topological polar surface area (TPSA) is 169 Å². The van der Waals surface area contributed by atoms with Crippen molar-refractivity contribution in [3.63, 3.8) is 0 Å². The van der Waals surface area contributed by atoms with Gasteiger partial charge in [-0.05, 0) is 25.7 Å². The van der Waals surface area contributed by atoms with E-state index in [0.29, 0.717) is 36.7 Å². The number of phosphoric acid groups is 1. The standard InChI is InChI=1S/C30H52NO11P/c1-6-7-10-13-24(33)16-17-27-26(28(34)20-29(27)35)14-11-8-9-12-15-30(36)39-21-25(42-23(2)32)22-41-43(37,38)40-19-18-31(3,4)5/h8,11,16-17,24-28,33-34H,6-7,9-10,12-15,18-22H2,1-5H3/b11-8-,17-16+/t24-,25+,26+,27+,28-/m0/s1. The number of aliphatic hydroxyl groups excluding tert-OH is 2. The van der Waals surface area contributed by atoms with Crippen molar-refractivity contribution in [2.45, 2.75) is 89.9 Å². The molecule has 0 spiro atoms. The van der Waals surface area contributed by atoms with Gasteiger partial charge in [-0.3, -0.25) is 18.9 Å². The zero-order chi connectivity index (χ0) is 32.5. The van der Waals surface area contributed by atoms with Crippen LogP contribution >= 0.6 is 7.82 Å². The molecule has 1 fully saturated rings. The summed E-state index contributed by atoms with van der Waals surface area (Å²) in [5, 5.41) is 20.5. The van der Waals surface area contributed by atoms with Gasteiger partial charge in [0.05, 0.1) is 40.0 Å². The third-order valence-corrected chi connectivity index (χ3v) is 7.87. The van der Waals surface area contributed by atoms with Crippen LogP contribution < -0.4 is 4.89 Å². The predicted octanol–water partition coefficient (Wildman–Crippen LogP) is 2.85. The van der Waals surface area contributed by atoms with Gasteiger partial charge in [-0.1, -0.05) is 50.5 Å².